The molecule has 1 N–H and O–H groups in total. The number of ether oxygens (including phenoxy) is 1. The molecule has 0 radical (unpaired) electrons. The number of hydrogen-bond donors (Lipinski definition) is 1. The van der Waals surface area contributed by atoms with Gasteiger partial charge in [-0.2, -0.15) is 0 Å². The van der Waals surface area contributed by atoms with Gasteiger partial charge in [-0.15, -0.1) is 0 Å². The molecular weight excluding hydrogens is 467 g/mol. The summed E-state index contributed by atoms with van der Waals surface area (Å²) in [7, 11) is 0. The molecular formula is C29H24Cl2O3. The van der Waals surface area contributed by atoms with Gasteiger partial charge < -0.3 is 9.84 Å². The van der Waals surface area contributed by atoms with Gasteiger partial charge in [-0.25, -0.2) is 0 Å². The summed E-state index contributed by atoms with van der Waals surface area (Å²) in [6.45, 7) is 3.83. The fourth-order valence-electron chi connectivity index (χ4n) is 4.91. The second-order valence-corrected chi connectivity index (χ2v) is 9.89. The van der Waals surface area contributed by atoms with Gasteiger partial charge in [-0.1, -0.05) is 97.4 Å². The van der Waals surface area contributed by atoms with Crippen LogP contribution in [0.25, 0.3) is 0 Å². The smallest absolute Gasteiger partial charge is 0.312 e. The monoisotopic (exact) mass is 490 g/mol. The number of hydrogen-bond acceptors (Lipinski definition) is 2. The molecule has 0 spiro atoms. The second kappa shape index (κ2) is 9.58. The van der Waals surface area contributed by atoms with Crippen molar-refractivity contribution in [3.8, 4) is 23.3 Å². The summed E-state index contributed by atoms with van der Waals surface area (Å²) in [5.41, 5.74) is -0.269. The summed E-state index contributed by atoms with van der Waals surface area (Å²) in [6.07, 6.45) is 1.62. The van der Waals surface area contributed by atoms with Crippen molar-refractivity contribution in [1.82, 2.24) is 0 Å². The molecule has 0 saturated heterocycles. The van der Waals surface area contributed by atoms with E-state index in [-0.39, 0.29) is 4.49 Å². The fourth-order valence-corrected chi connectivity index (χ4v) is 5.16. The molecule has 0 amide bonds. The number of para-hydroxylation sites is 1. The molecule has 5 heteroatoms. The maximum absolute atomic E-state index is 12.9. The molecule has 0 bridgehead atoms. The van der Waals surface area contributed by atoms with Crippen LogP contribution < -0.4 is 4.74 Å². The molecule has 3 unspecified atom stereocenters. The zero-order chi connectivity index (χ0) is 24.3. The van der Waals surface area contributed by atoms with Crippen LogP contribution >= 0.6 is 23.2 Å². The Kier molecular flexibility index (Phi) is 6.75. The molecule has 0 aliphatic heterocycles. The Bertz CT molecular complexity index is 1270. The van der Waals surface area contributed by atoms with Crippen LogP contribution in [-0.4, -0.2) is 11.1 Å². The van der Waals surface area contributed by atoms with Crippen molar-refractivity contribution < 1.29 is 14.6 Å². The van der Waals surface area contributed by atoms with Gasteiger partial charge in [0.25, 0.3) is 0 Å². The molecule has 172 valence electrons. The summed E-state index contributed by atoms with van der Waals surface area (Å²) >= 11 is 12.0. The third-order valence-corrected chi connectivity index (χ3v) is 6.91. The summed E-state index contributed by atoms with van der Waals surface area (Å²) in [4.78, 5) is 12.9. The Hall–Kier alpha value is -3.19. The predicted octanol–water partition coefficient (Wildman–Crippen LogP) is 7.66. The summed E-state index contributed by atoms with van der Waals surface area (Å²) in [5, 5.41) is 10.5. The maximum atomic E-state index is 12.9. The van der Waals surface area contributed by atoms with E-state index in [4.69, 9.17) is 27.9 Å². The van der Waals surface area contributed by atoms with Gasteiger partial charge in [0.05, 0.1) is 11.3 Å². The molecule has 1 aliphatic carbocycles. The van der Waals surface area contributed by atoms with Gasteiger partial charge >= 0.3 is 5.97 Å². The van der Waals surface area contributed by atoms with E-state index in [0.717, 1.165) is 11.1 Å². The molecule has 3 aromatic carbocycles. The first kappa shape index (κ1) is 24.0. The molecule has 3 nitrogen and oxygen atoms in total. The van der Waals surface area contributed by atoms with Crippen LogP contribution in [0.5, 0.6) is 11.5 Å². The SMILES string of the molecule is CC1(C)C(C=C(Cl)Cl)C1(C(=O)O)C(C#Cc1ccccc1)c1cccc(Oc2ccccc2)c1. The summed E-state index contributed by atoms with van der Waals surface area (Å²) in [6, 6.07) is 26.4. The second-order valence-electron chi connectivity index (χ2n) is 8.89. The molecule has 4 rings (SSSR count). The zero-order valence-corrected chi connectivity index (χ0v) is 20.3. The standard InChI is InChI=1S/C29H24Cl2O3/c1-28(2)25(19-26(30)31)29(28,27(32)33)24(17-16-20-10-5-3-6-11-20)21-12-9-15-23(18-21)34-22-13-7-4-8-14-22/h3-15,18-19,24-25H,1-2H3,(H,32,33). The van der Waals surface area contributed by atoms with Crippen LogP contribution in [0.3, 0.4) is 0 Å². The number of carboxylic acid groups (broad SMARTS) is 1. The highest BCUT2D eigenvalue weighted by Gasteiger charge is 2.78. The van der Waals surface area contributed by atoms with Crippen LogP contribution in [0, 0.1) is 28.6 Å². The van der Waals surface area contributed by atoms with Crippen LogP contribution in [-0.2, 0) is 4.79 Å². The Morgan fingerprint density at radius 1 is 0.971 bits per heavy atom. The van der Waals surface area contributed by atoms with Gasteiger partial charge in [0.2, 0.25) is 0 Å². The quantitative estimate of drug-likeness (QED) is 0.360. The van der Waals surface area contributed by atoms with Crippen LogP contribution in [0.15, 0.2) is 95.5 Å². The number of halogens is 2. The fraction of sp³-hybridized carbons (Fsp3) is 0.207. The topological polar surface area (TPSA) is 46.5 Å². The predicted molar refractivity (Wildman–Crippen MR) is 136 cm³/mol. The third-order valence-electron chi connectivity index (χ3n) is 6.66. The van der Waals surface area contributed by atoms with Crippen molar-refractivity contribution >= 4 is 29.2 Å². The molecule has 1 aliphatic rings. The van der Waals surface area contributed by atoms with Crippen molar-refractivity contribution in [2.45, 2.75) is 19.8 Å². The Morgan fingerprint density at radius 2 is 1.59 bits per heavy atom. The largest absolute Gasteiger partial charge is 0.481 e. The van der Waals surface area contributed by atoms with Crippen molar-refractivity contribution in [2.75, 3.05) is 0 Å². The van der Waals surface area contributed by atoms with Crippen molar-refractivity contribution in [3.63, 3.8) is 0 Å². The van der Waals surface area contributed by atoms with Crippen molar-refractivity contribution in [1.29, 1.82) is 0 Å². The lowest BCUT2D eigenvalue weighted by Crippen LogP contribution is -2.29. The highest BCUT2D eigenvalue weighted by Crippen LogP contribution is 2.75. The number of carbonyl (C=O) groups is 1. The lowest BCUT2D eigenvalue weighted by atomic mass is 9.77. The maximum Gasteiger partial charge on any atom is 0.312 e. The summed E-state index contributed by atoms with van der Waals surface area (Å²) in [5.74, 6) is 5.81. The van der Waals surface area contributed by atoms with Crippen molar-refractivity contribution in [2.24, 2.45) is 16.7 Å². The first-order valence-electron chi connectivity index (χ1n) is 10.9. The van der Waals surface area contributed by atoms with E-state index in [2.05, 4.69) is 11.8 Å². The first-order chi connectivity index (χ1) is 16.3. The first-order valence-corrected chi connectivity index (χ1v) is 11.7. The van der Waals surface area contributed by atoms with Gasteiger partial charge in [-0.05, 0) is 53.5 Å². The Balaban J connectivity index is 1.83. The molecule has 3 atom stereocenters. The molecule has 0 aromatic heterocycles. The van der Waals surface area contributed by atoms with Crippen LogP contribution in [0.4, 0.5) is 0 Å². The van der Waals surface area contributed by atoms with Crippen molar-refractivity contribution in [3.05, 3.63) is 107 Å². The molecule has 1 saturated carbocycles. The van der Waals surface area contributed by atoms with E-state index in [1.807, 2.05) is 98.8 Å². The lowest BCUT2D eigenvalue weighted by molar-refractivity contribution is -0.145. The van der Waals surface area contributed by atoms with Gasteiger partial charge in [0, 0.05) is 11.5 Å². The minimum Gasteiger partial charge on any atom is -0.481 e. The highest BCUT2D eigenvalue weighted by atomic mass is 35.5. The third kappa shape index (κ3) is 4.44. The molecule has 3 aromatic rings. The van der Waals surface area contributed by atoms with E-state index in [1.165, 1.54) is 0 Å². The van der Waals surface area contributed by atoms with Crippen LogP contribution in [0.2, 0.25) is 0 Å². The molecule has 0 heterocycles. The number of rotatable bonds is 6. The number of aliphatic carboxylic acids is 1. The van der Waals surface area contributed by atoms with Crippen LogP contribution in [0.1, 0.15) is 30.9 Å². The van der Waals surface area contributed by atoms with Gasteiger partial charge in [-0.3, -0.25) is 4.79 Å². The van der Waals surface area contributed by atoms with E-state index in [0.29, 0.717) is 11.5 Å². The van der Waals surface area contributed by atoms with Gasteiger partial charge in [0.1, 0.15) is 16.0 Å². The summed E-state index contributed by atoms with van der Waals surface area (Å²) < 4.78 is 6.07. The van der Waals surface area contributed by atoms with E-state index in [1.54, 1.807) is 6.08 Å². The minimum absolute atomic E-state index is 0.0529. The molecule has 34 heavy (non-hydrogen) atoms. The normalized spacial score (nSPS) is 20.9. The van der Waals surface area contributed by atoms with E-state index >= 15 is 0 Å². The zero-order valence-electron chi connectivity index (χ0n) is 18.8. The lowest BCUT2D eigenvalue weighted by Gasteiger charge is -2.24. The average molecular weight is 491 g/mol. The van der Waals surface area contributed by atoms with E-state index < -0.39 is 28.6 Å². The number of allylic oxidation sites excluding steroid dienone is 1. The Morgan fingerprint density at radius 3 is 2.21 bits per heavy atom. The highest BCUT2D eigenvalue weighted by molar-refractivity contribution is 6.55. The number of carboxylic acids is 1. The van der Waals surface area contributed by atoms with E-state index in [9.17, 15) is 9.90 Å². The Labute approximate surface area is 210 Å². The molecule has 1 fully saturated rings. The van der Waals surface area contributed by atoms with Gasteiger partial charge in [0.15, 0.2) is 0 Å². The average Bonchev–Trinajstić information content (AvgIpc) is 3.30. The number of benzene rings is 3. The minimum atomic E-state index is -1.21.